The number of aryl methyl sites for hydroxylation is 2. The summed E-state index contributed by atoms with van der Waals surface area (Å²) in [6.07, 6.45) is 8.38. The fourth-order valence-electron chi connectivity index (χ4n) is 5.10. The van der Waals surface area contributed by atoms with Crippen LogP contribution in [0.25, 0.3) is 0 Å². The summed E-state index contributed by atoms with van der Waals surface area (Å²) in [5, 5.41) is 11.3. The Hall–Kier alpha value is -2.64. The molecule has 4 rings (SSSR count). The first kappa shape index (κ1) is 23.5. The van der Waals surface area contributed by atoms with Crippen LogP contribution in [-0.2, 0) is 18.4 Å². The fraction of sp³-hybridized carbons (Fsp3) is 0.680. The van der Waals surface area contributed by atoms with E-state index in [0.717, 1.165) is 56.0 Å². The molecule has 0 bridgehead atoms. The molecule has 0 spiro atoms. The maximum Gasteiger partial charge on any atom is 0.272 e. The topological polar surface area (TPSA) is 88.0 Å². The quantitative estimate of drug-likeness (QED) is 0.715. The van der Waals surface area contributed by atoms with Crippen LogP contribution >= 0.6 is 0 Å². The Bertz CT molecular complexity index is 997. The van der Waals surface area contributed by atoms with Crippen molar-refractivity contribution in [3.63, 3.8) is 0 Å². The van der Waals surface area contributed by atoms with Gasteiger partial charge in [-0.25, -0.2) is 4.98 Å². The van der Waals surface area contributed by atoms with E-state index in [1.165, 1.54) is 24.1 Å². The number of hydrogen-bond acceptors (Lipinski definition) is 6. The zero-order valence-corrected chi connectivity index (χ0v) is 21.0. The summed E-state index contributed by atoms with van der Waals surface area (Å²) in [6, 6.07) is 2.39. The predicted octanol–water partition coefficient (Wildman–Crippen LogP) is 3.83. The van der Waals surface area contributed by atoms with Crippen molar-refractivity contribution in [2.45, 2.75) is 96.7 Å². The molecule has 0 radical (unpaired) electrons. The zero-order valence-electron chi connectivity index (χ0n) is 21.0. The second-order valence-electron chi connectivity index (χ2n) is 10.8. The van der Waals surface area contributed by atoms with Gasteiger partial charge in [-0.1, -0.05) is 0 Å². The van der Waals surface area contributed by atoms with Crippen LogP contribution in [0.5, 0.6) is 0 Å². The summed E-state index contributed by atoms with van der Waals surface area (Å²) in [5.41, 5.74) is 3.88. The van der Waals surface area contributed by atoms with E-state index >= 15 is 0 Å². The van der Waals surface area contributed by atoms with Crippen molar-refractivity contribution < 1.29 is 4.79 Å². The first-order valence-corrected chi connectivity index (χ1v) is 12.3. The molecule has 2 aliphatic carbocycles. The van der Waals surface area contributed by atoms with Crippen LogP contribution in [0.4, 0.5) is 11.8 Å². The number of carbonyl (C=O) groups is 1. The third-order valence-corrected chi connectivity index (χ3v) is 6.74. The molecule has 0 unspecified atom stereocenters. The molecule has 180 valence electrons. The van der Waals surface area contributed by atoms with Gasteiger partial charge in [-0.05, 0) is 85.1 Å². The van der Waals surface area contributed by atoms with Gasteiger partial charge in [0.05, 0.1) is 11.2 Å². The van der Waals surface area contributed by atoms with Gasteiger partial charge in [0.2, 0.25) is 5.95 Å². The highest BCUT2D eigenvalue weighted by atomic mass is 16.2. The molecule has 33 heavy (non-hydrogen) atoms. The molecule has 0 aliphatic heterocycles. The number of rotatable bonds is 5. The summed E-state index contributed by atoms with van der Waals surface area (Å²) < 4.78 is 1.92. The van der Waals surface area contributed by atoms with Crippen molar-refractivity contribution in [3.8, 4) is 0 Å². The standard InChI is InChI=1S/C25H39N7O/c1-16-15-21(30-32(16)25(2,3)4)23(33)26-17-11-13-18(14-12-17)27-24-28-20-10-8-7-9-19(20)22(29-24)31(5)6/h15,17-18H,7-14H2,1-6H3,(H,26,33)(H,27,28,29). The molecular weight excluding hydrogens is 414 g/mol. The molecule has 1 saturated carbocycles. The first-order valence-electron chi connectivity index (χ1n) is 12.3. The van der Waals surface area contributed by atoms with Gasteiger partial charge in [0.15, 0.2) is 0 Å². The number of fused-ring (bicyclic) bond motifs is 1. The van der Waals surface area contributed by atoms with E-state index in [0.29, 0.717) is 11.7 Å². The van der Waals surface area contributed by atoms with Gasteiger partial charge in [0, 0.05) is 37.4 Å². The van der Waals surface area contributed by atoms with Crippen LogP contribution in [0.2, 0.25) is 0 Å². The number of nitrogens with one attached hydrogen (secondary N) is 2. The molecule has 1 fully saturated rings. The molecule has 2 aliphatic rings. The normalized spacial score (nSPS) is 20.8. The van der Waals surface area contributed by atoms with E-state index < -0.39 is 0 Å². The van der Waals surface area contributed by atoms with Gasteiger partial charge in [0.1, 0.15) is 11.5 Å². The molecule has 1 amide bonds. The van der Waals surface area contributed by atoms with Gasteiger partial charge in [0.25, 0.3) is 5.91 Å². The van der Waals surface area contributed by atoms with Gasteiger partial charge in [-0.3, -0.25) is 9.48 Å². The van der Waals surface area contributed by atoms with E-state index in [1.807, 2.05) is 17.7 Å². The number of nitrogens with zero attached hydrogens (tertiary/aromatic N) is 5. The predicted molar refractivity (Wildman–Crippen MR) is 132 cm³/mol. The number of carbonyl (C=O) groups excluding carboxylic acids is 1. The van der Waals surface area contributed by atoms with E-state index in [1.54, 1.807) is 0 Å². The van der Waals surface area contributed by atoms with E-state index in [9.17, 15) is 4.79 Å². The number of anilines is 2. The maximum absolute atomic E-state index is 12.8. The highest BCUT2D eigenvalue weighted by molar-refractivity contribution is 5.92. The van der Waals surface area contributed by atoms with Crippen LogP contribution in [0, 0.1) is 6.92 Å². The van der Waals surface area contributed by atoms with Crippen LogP contribution in [0.15, 0.2) is 6.07 Å². The van der Waals surface area contributed by atoms with Crippen molar-refractivity contribution in [2.75, 3.05) is 24.3 Å². The van der Waals surface area contributed by atoms with E-state index in [2.05, 4.69) is 55.5 Å². The lowest BCUT2D eigenvalue weighted by Crippen LogP contribution is -2.40. The lowest BCUT2D eigenvalue weighted by molar-refractivity contribution is 0.0920. The average molecular weight is 454 g/mol. The van der Waals surface area contributed by atoms with E-state index in [-0.39, 0.29) is 17.5 Å². The molecule has 2 aromatic heterocycles. The van der Waals surface area contributed by atoms with Crippen LogP contribution in [-0.4, -0.2) is 51.8 Å². The Morgan fingerprint density at radius 1 is 1.06 bits per heavy atom. The highest BCUT2D eigenvalue weighted by Crippen LogP contribution is 2.29. The largest absolute Gasteiger partial charge is 0.362 e. The van der Waals surface area contributed by atoms with Crippen molar-refractivity contribution in [3.05, 3.63) is 28.7 Å². The lowest BCUT2D eigenvalue weighted by Gasteiger charge is -2.30. The van der Waals surface area contributed by atoms with Crippen molar-refractivity contribution in [2.24, 2.45) is 0 Å². The molecule has 8 nitrogen and oxygen atoms in total. The van der Waals surface area contributed by atoms with Crippen LogP contribution in [0.3, 0.4) is 0 Å². The molecule has 2 aromatic rings. The van der Waals surface area contributed by atoms with Gasteiger partial charge in [-0.2, -0.15) is 10.1 Å². The minimum atomic E-state index is -0.141. The Morgan fingerprint density at radius 2 is 1.73 bits per heavy atom. The summed E-state index contributed by atoms with van der Waals surface area (Å²) in [5.74, 6) is 1.72. The molecule has 2 N–H and O–H groups in total. The van der Waals surface area contributed by atoms with Crippen molar-refractivity contribution in [1.82, 2.24) is 25.1 Å². The smallest absolute Gasteiger partial charge is 0.272 e. The Morgan fingerprint density at radius 3 is 2.36 bits per heavy atom. The fourth-order valence-corrected chi connectivity index (χ4v) is 5.10. The van der Waals surface area contributed by atoms with Gasteiger partial charge in [-0.15, -0.1) is 0 Å². The first-order chi connectivity index (χ1) is 15.6. The van der Waals surface area contributed by atoms with Crippen molar-refractivity contribution >= 4 is 17.7 Å². The molecule has 0 saturated heterocycles. The van der Waals surface area contributed by atoms with Gasteiger partial charge < -0.3 is 15.5 Å². The summed E-state index contributed by atoms with van der Waals surface area (Å²) in [7, 11) is 4.11. The maximum atomic E-state index is 12.8. The number of amides is 1. The lowest BCUT2D eigenvalue weighted by atomic mass is 9.91. The minimum Gasteiger partial charge on any atom is -0.362 e. The second-order valence-corrected chi connectivity index (χ2v) is 10.8. The number of aromatic nitrogens is 4. The van der Waals surface area contributed by atoms with Crippen molar-refractivity contribution in [1.29, 1.82) is 0 Å². The Balaban J connectivity index is 1.34. The minimum absolute atomic E-state index is 0.0776. The summed E-state index contributed by atoms with van der Waals surface area (Å²) >= 11 is 0. The SMILES string of the molecule is Cc1cc(C(=O)NC2CCC(Nc3nc4c(c(N(C)C)n3)CCCC4)CC2)nn1C(C)(C)C. The molecule has 0 aromatic carbocycles. The van der Waals surface area contributed by atoms with Crippen LogP contribution in [0.1, 0.15) is 86.7 Å². The molecular formula is C25H39N7O. The average Bonchev–Trinajstić information content (AvgIpc) is 3.17. The monoisotopic (exact) mass is 453 g/mol. The van der Waals surface area contributed by atoms with Gasteiger partial charge >= 0.3 is 0 Å². The van der Waals surface area contributed by atoms with E-state index in [4.69, 9.17) is 9.97 Å². The number of hydrogen-bond donors (Lipinski definition) is 2. The Labute approximate surface area is 197 Å². The molecule has 2 heterocycles. The summed E-state index contributed by atoms with van der Waals surface area (Å²) in [4.78, 5) is 24.6. The molecule has 0 atom stereocenters. The summed E-state index contributed by atoms with van der Waals surface area (Å²) in [6.45, 7) is 8.28. The second kappa shape index (κ2) is 9.31. The third-order valence-electron chi connectivity index (χ3n) is 6.74. The molecule has 8 heteroatoms. The highest BCUT2D eigenvalue weighted by Gasteiger charge is 2.26. The van der Waals surface area contributed by atoms with Crippen LogP contribution < -0.4 is 15.5 Å². The Kier molecular flexibility index (Phi) is 6.64. The third kappa shape index (κ3) is 5.31. The zero-order chi connectivity index (χ0) is 23.8.